The van der Waals surface area contributed by atoms with E-state index in [1.165, 1.54) is 11.3 Å². The Bertz CT molecular complexity index is 827. The summed E-state index contributed by atoms with van der Waals surface area (Å²) in [4.78, 5) is 39.6. The minimum atomic E-state index is -1.68. The molecule has 0 spiro atoms. The molecule has 1 aliphatic rings. The molecule has 1 fully saturated rings. The predicted molar refractivity (Wildman–Crippen MR) is 129 cm³/mol. The molecule has 0 bridgehead atoms. The summed E-state index contributed by atoms with van der Waals surface area (Å²) in [7, 11) is -1.68. The molecule has 1 saturated carbocycles. The van der Waals surface area contributed by atoms with Crippen LogP contribution in [0.3, 0.4) is 0 Å². The highest BCUT2D eigenvalue weighted by Crippen LogP contribution is 2.21. The molecule has 1 aromatic rings. The third kappa shape index (κ3) is 8.04. The van der Waals surface area contributed by atoms with Crippen LogP contribution >= 0.6 is 0 Å². The van der Waals surface area contributed by atoms with Crippen molar-refractivity contribution < 1.29 is 18.6 Å². The van der Waals surface area contributed by atoms with Crippen LogP contribution < -0.4 is 10.6 Å². The summed E-state index contributed by atoms with van der Waals surface area (Å²) < 4.78 is 12.6. The van der Waals surface area contributed by atoms with Crippen LogP contribution in [0.25, 0.3) is 0 Å². The Morgan fingerprint density at radius 1 is 1.06 bits per heavy atom. The number of nitrogens with zero attached hydrogens (tertiary/aromatic N) is 1. The summed E-state index contributed by atoms with van der Waals surface area (Å²) in [6.45, 7) is 9.20. The molecule has 32 heavy (non-hydrogen) atoms. The predicted octanol–water partition coefficient (Wildman–Crippen LogP) is 3.15. The fourth-order valence-corrected chi connectivity index (χ4v) is 4.98. The van der Waals surface area contributed by atoms with Crippen molar-refractivity contribution in [3.8, 4) is 0 Å². The van der Waals surface area contributed by atoms with Gasteiger partial charge in [0, 0.05) is 28.1 Å². The Balaban J connectivity index is 1.95. The van der Waals surface area contributed by atoms with Crippen LogP contribution in [0.5, 0.6) is 0 Å². The summed E-state index contributed by atoms with van der Waals surface area (Å²) in [6, 6.07) is 6.75. The Morgan fingerprint density at radius 3 is 2.22 bits per heavy atom. The van der Waals surface area contributed by atoms with Gasteiger partial charge in [0.1, 0.15) is 17.5 Å². The molecule has 0 radical (unpaired) electrons. The van der Waals surface area contributed by atoms with Gasteiger partial charge in [0.05, 0.1) is 0 Å². The van der Waals surface area contributed by atoms with E-state index in [4.69, 9.17) is 0 Å². The van der Waals surface area contributed by atoms with Crippen molar-refractivity contribution in [2.75, 3.05) is 16.8 Å². The topological polar surface area (TPSA) is 95.6 Å². The van der Waals surface area contributed by atoms with Crippen LogP contribution in [0.2, 0.25) is 0 Å². The van der Waals surface area contributed by atoms with E-state index in [2.05, 4.69) is 10.6 Å². The van der Waals surface area contributed by atoms with Crippen LogP contribution in [-0.2, 0) is 25.2 Å². The molecule has 0 aliphatic heterocycles. The molecular weight excluding hydrogens is 426 g/mol. The van der Waals surface area contributed by atoms with Gasteiger partial charge in [-0.3, -0.25) is 18.6 Å². The first kappa shape index (κ1) is 26.0. The Labute approximate surface area is 194 Å². The quantitative estimate of drug-likeness (QED) is 0.619. The monoisotopic (exact) mass is 463 g/mol. The van der Waals surface area contributed by atoms with Gasteiger partial charge in [0.15, 0.2) is 0 Å². The lowest BCUT2D eigenvalue weighted by Gasteiger charge is -2.40. The minimum absolute atomic E-state index is 0.148. The second-order valence-electron chi connectivity index (χ2n) is 9.60. The van der Waals surface area contributed by atoms with E-state index in [1.807, 2.05) is 39.8 Å². The van der Waals surface area contributed by atoms with Crippen molar-refractivity contribution in [2.45, 2.75) is 84.3 Å². The van der Waals surface area contributed by atoms with Gasteiger partial charge in [0.25, 0.3) is 0 Å². The molecule has 0 heterocycles. The molecule has 2 rings (SSSR count). The second-order valence-corrected chi connectivity index (χ2v) is 11.1. The van der Waals surface area contributed by atoms with E-state index in [0.717, 1.165) is 31.2 Å². The van der Waals surface area contributed by atoms with Crippen LogP contribution in [0, 0.1) is 6.92 Å². The van der Waals surface area contributed by atoms with Crippen LogP contribution in [-0.4, -0.2) is 56.0 Å². The van der Waals surface area contributed by atoms with Gasteiger partial charge < -0.3 is 15.5 Å². The van der Waals surface area contributed by atoms with E-state index in [9.17, 15) is 18.6 Å². The van der Waals surface area contributed by atoms with Crippen molar-refractivity contribution in [3.63, 3.8) is 0 Å². The molecule has 2 atom stereocenters. The zero-order valence-electron chi connectivity index (χ0n) is 19.9. The van der Waals surface area contributed by atoms with Gasteiger partial charge in [-0.15, -0.1) is 0 Å². The molecule has 7 nitrogen and oxygen atoms in total. The van der Waals surface area contributed by atoms with Crippen molar-refractivity contribution >= 4 is 34.2 Å². The number of carbonyl (C=O) groups excluding carboxylic acids is 3. The van der Waals surface area contributed by atoms with Crippen molar-refractivity contribution in [1.82, 2.24) is 10.2 Å². The Hall–Kier alpha value is -2.22. The average Bonchev–Trinajstić information content (AvgIpc) is 2.69. The largest absolute Gasteiger partial charge is 0.352 e. The molecule has 1 aromatic carbocycles. The molecule has 2 N–H and O–H groups in total. The van der Waals surface area contributed by atoms with Crippen LogP contribution in [0.1, 0.15) is 65.4 Å². The summed E-state index contributed by atoms with van der Waals surface area (Å²) in [5, 5.41) is 5.77. The molecule has 8 heteroatoms. The number of nitrogens with one attached hydrogen (secondary N) is 2. The standard InChI is InChI=1S/C24H37N3O4S/c1-17-11-13-20(14-12-17)25-21(28)15-32(31)16-22(29)27(24(3,4)5)18(2)23(30)26-19-9-7-6-8-10-19/h11-14,18-19H,6-10,15-16H2,1-5H3,(H,25,28)(H,26,30)/t18-,32-/m0/s1. The zero-order chi connectivity index (χ0) is 23.9. The highest BCUT2D eigenvalue weighted by atomic mass is 32.2. The SMILES string of the molecule is Cc1ccc(NC(=O)C[S@](=O)CC(=O)N([C@@H](C)C(=O)NC2CCCCC2)C(C)(C)C)cc1. The number of amides is 3. The van der Waals surface area contributed by atoms with Crippen LogP contribution in [0.4, 0.5) is 5.69 Å². The third-order valence-electron chi connectivity index (χ3n) is 5.62. The van der Waals surface area contributed by atoms with E-state index in [-0.39, 0.29) is 23.5 Å². The summed E-state index contributed by atoms with van der Waals surface area (Å²) in [5.74, 6) is -1.58. The number of rotatable bonds is 8. The number of carbonyl (C=O) groups is 3. The van der Waals surface area contributed by atoms with E-state index in [0.29, 0.717) is 5.69 Å². The molecule has 0 aromatic heterocycles. The lowest BCUT2D eigenvalue weighted by atomic mass is 9.95. The Kier molecular flexibility index (Phi) is 9.43. The molecular formula is C24H37N3O4S. The van der Waals surface area contributed by atoms with E-state index >= 15 is 0 Å². The molecule has 0 unspecified atom stereocenters. The van der Waals surface area contributed by atoms with Gasteiger partial charge >= 0.3 is 0 Å². The lowest BCUT2D eigenvalue weighted by molar-refractivity contribution is -0.143. The second kappa shape index (κ2) is 11.6. The maximum atomic E-state index is 13.0. The first-order valence-corrected chi connectivity index (χ1v) is 12.8. The zero-order valence-corrected chi connectivity index (χ0v) is 20.7. The minimum Gasteiger partial charge on any atom is -0.352 e. The van der Waals surface area contributed by atoms with Gasteiger partial charge in [-0.1, -0.05) is 37.0 Å². The Morgan fingerprint density at radius 2 is 1.66 bits per heavy atom. The van der Waals surface area contributed by atoms with Crippen molar-refractivity contribution in [2.24, 2.45) is 0 Å². The molecule has 178 valence electrons. The normalized spacial score (nSPS) is 16.7. The lowest BCUT2D eigenvalue weighted by Crippen LogP contribution is -2.58. The molecule has 0 saturated heterocycles. The maximum Gasteiger partial charge on any atom is 0.242 e. The van der Waals surface area contributed by atoms with Gasteiger partial charge in [-0.2, -0.15) is 0 Å². The summed E-state index contributed by atoms with van der Waals surface area (Å²) >= 11 is 0. The van der Waals surface area contributed by atoms with Gasteiger partial charge in [-0.25, -0.2) is 0 Å². The smallest absolute Gasteiger partial charge is 0.242 e. The molecule has 1 aliphatic carbocycles. The van der Waals surface area contributed by atoms with Gasteiger partial charge in [-0.05, 0) is 59.6 Å². The first-order chi connectivity index (χ1) is 15.0. The summed E-state index contributed by atoms with van der Waals surface area (Å²) in [5.41, 5.74) is 1.06. The average molecular weight is 464 g/mol. The van der Waals surface area contributed by atoms with Gasteiger partial charge in [0.2, 0.25) is 17.7 Å². The number of hydrogen-bond donors (Lipinski definition) is 2. The number of aryl methyl sites for hydroxylation is 1. The number of anilines is 1. The van der Waals surface area contributed by atoms with E-state index in [1.54, 1.807) is 19.1 Å². The third-order valence-corrected chi connectivity index (χ3v) is 6.77. The molecule has 3 amide bonds. The van der Waals surface area contributed by atoms with Crippen molar-refractivity contribution in [3.05, 3.63) is 29.8 Å². The fourth-order valence-electron chi connectivity index (χ4n) is 4.10. The van der Waals surface area contributed by atoms with Crippen LogP contribution in [0.15, 0.2) is 24.3 Å². The highest BCUT2D eigenvalue weighted by Gasteiger charge is 2.36. The van der Waals surface area contributed by atoms with E-state index < -0.39 is 34.2 Å². The maximum absolute atomic E-state index is 13.0. The highest BCUT2D eigenvalue weighted by molar-refractivity contribution is 7.86. The fraction of sp³-hybridized carbons (Fsp3) is 0.625. The van der Waals surface area contributed by atoms with Crippen molar-refractivity contribution in [1.29, 1.82) is 0 Å². The first-order valence-electron chi connectivity index (χ1n) is 11.3. The number of benzene rings is 1. The summed E-state index contributed by atoms with van der Waals surface area (Å²) in [6.07, 6.45) is 5.32. The number of hydrogen-bond acceptors (Lipinski definition) is 4.